The first-order valence-electron chi connectivity index (χ1n) is 7.22. The van der Waals surface area contributed by atoms with Crippen molar-refractivity contribution in [1.29, 1.82) is 0 Å². The number of benzene rings is 1. The van der Waals surface area contributed by atoms with E-state index in [-0.39, 0.29) is 5.95 Å². The molecule has 0 aliphatic carbocycles. The van der Waals surface area contributed by atoms with Crippen LogP contribution in [0.4, 0.5) is 11.8 Å². The zero-order valence-electron chi connectivity index (χ0n) is 13.4. The van der Waals surface area contributed by atoms with Crippen LogP contribution in [0.3, 0.4) is 0 Å². The molecule has 2 aromatic heterocycles. The van der Waals surface area contributed by atoms with Crippen molar-refractivity contribution in [2.75, 3.05) is 18.1 Å². The number of aryl methyl sites for hydroxylation is 1. The van der Waals surface area contributed by atoms with Crippen LogP contribution in [0.25, 0.3) is 11.2 Å². The van der Waals surface area contributed by atoms with Crippen LogP contribution >= 0.6 is 0 Å². The Labute approximate surface area is 130 Å². The third kappa shape index (κ3) is 3.52. The first kappa shape index (κ1) is 15.8. The van der Waals surface area contributed by atoms with Crippen molar-refractivity contribution < 1.29 is 0 Å². The van der Waals surface area contributed by atoms with Crippen LogP contribution in [-0.4, -0.2) is 26.6 Å². The maximum atomic E-state index is 5.63. The minimum atomic E-state index is 0.259. The summed E-state index contributed by atoms with van der Waals surface area (Å²) in [6.45, 7) is 6.22. The van der Waals surface area contributed by atoms with Gasteiger partial charge in [0, 0.05) is 13.1 Å². The monoisotopic (exact) mass is 298 g/mol. The molecule has 3 rings (SSSR count). The molecular weight excluding hydrogens is 276 g/mol. The van der Waals surface area contributed by atoms with Gasteiger partial charge in [-0.05, 0) is 20.8 Å². The van der Waals surface area contributed by atoms with Gasteiger partial charge in [-0.3, -0.25) is 0 Å². The smallest absolute Gasteiger partial charge is 0.224 e. The highest BCUT2D eigenvalue weighted by Crippen LogP contribution is 2.21. The van der Waals surface area contributed by atoms with E-state index < -0.39 is 0 Å². The molecule has 2 heterocycles. The van der Waals surface area contributed by atoms with E-state index in [1.807, 2.05) is 22.8 Å². The van der Waals surface area contributed by atoms with Gasteiger partial charge in [-0.2, -0.15) is 9.97 Å². The van der Waals surface area contributed by atoms with Crippen LogP contribution in [0.15, 0.2) is 36.7 Å². The van der Waals surface area contributed by atoms with Crippen LogP contribution in [0.5, 0.6) is 0 Å². The Kier molecular flexibility index (Phi) is 4.93. The standard InChI is InChI=1S/C9H14N6.C7H8/c1-5(2)15-4-12-6-7(11-3)13-9(10)14-8(6)15;1-7-5-3-2-4-6-7/h4-5H,1-3H3,(H3,10,11,13,14);2-6H,1H3. The quantitative estimate of drug-likeness (QED) is 0.760. The van der Waals surface area contributed by atoms with Gasteiger partial charge in [-0.15, -0.1) is 0 Å². The third-order valence-electron chi connectivity index (χ3n) is 3.17. The largest absolute Gasteiger partial charge is 0.371 e. The van der Waals surface area contributed by atoms with Crippen molar-refractivity contribution in [2.45, 2.75) is 26.8 Å². The fourth-order valence-corrected chi connectivity index (χ4v) is 2.02. The lowest BCUT2D eigenvalue weighted by atomic mass is 10.2. The molecule has 0 bridgehead atoms. The Morgan fingerprint density at radius 1 is 1.14 bits per heavy atom. The highest BCUT2D eigenvalue weighted by molar-refractivity contribution is 5.84. The number of aromatic nitrogens is 4. The summed E-state index contributed by atoms with van der Waals surface area (Å²) in [5, 5.41) is 2.96. The van der Waals surface area contributed by atoms with E-state index in [2.05, 4.69) is 53.2 Å². The maximum Gasteiger partial charge on any atom is 0.224 e. The molecule has 3 aromatic rings. The normalized spacial score (nSPS) is 10.4. The zero-order chi connectivity index (χ0) is 16.1. The van der Waals surface area contributed by atoms with Crippen LogP contribution in [-0.2, 0) is 0 Å². The molecule has 0 atom stereocenters. The average molecular weight is 298 g/mol. The van der Waals surface area contributed by atoms with Crippen molar-refractivity contribution in [2.24, 2.45) is 0 Å². The second kappa shape index (κ2) is 6.89. The van der Waals surface area contributed by atoms with E-state index in [9.17, 15) is 0 Å². The summed E-state index contributed by atoms with van der Waals surface area (Å²) in [5.41, 5.74) is 8.46. The molecule has 3 N–H and O–H groups in total. The highest BCUT2D eigenvalue weighted by Gasteiger charge is 2.12. The lowest BCUT2D eigenvalue weighted by molar-refractivity contribution is 0.613. The Hall–Kier alpha value is -2.63. The van der Waals surface area contributed by atoms with Gasteiger partial charge in [0.05, 0.1) is 6.33 Å². The molecule has 0 saturated heterocycles. The predicted molar refractivity (Wildman–Crippen MR) is 90.8 cm³/mol. The predicted octanol–water partition coefficient (Wildman–Crippen LogP) is 3.03. The van der Waals surface area contributed by atoms with Crippen LogP contribution in [0, 0.1) is 6.92 Å². The number of nitrogens with zero attached hydrogens (tertiary/aromatic N) is 4. The summed E-state index contributed by atoms with van der Waals surface area (Å²) in [6, 6.07) is 10.6. The lowest BCUT2D eigenvalue weighted by Crippen LogP contribution is -2.04. The number of rotatable bonds is 2. The Morgan fingerprint density at radius 3 is 2.32 bits per heavy atom. The van der Waals surface area contributed by atoms with Crippen molar-refractivity contribution in [1.82, 2.24) is 19.5 Å². The molecule has 6 nitrogen and oxygen atoms in total. The fraction of sp³-hybridized carbons (Fsp3) is 0.312. The summed E-state index contributed by atoms with van der Waals surface area (Å²) in [7, 11) is 1.79. The van der Waals surface area contributed by atoms with E-state index >= 15 is 0 Å². The van der Waals surface area contributed by atoms with E-state index in [0.717, 1.165) is 11.2 Å². The Bertz CT molecular complexity index is 733. The molecule has 0 unspecified atom stereocenters. The van der Waals surface area contributed by atoms with Crippen molar-refractivity contribution in [3.8, 4) is 0 Å². The van der Waals surface area contributed by atoms with Crippen LogP contribution < -0.4 is 11.1 Å². The first-order valence-corrected chi connectivity index (χ1v) is 7.22. The number of hydrogen-bond donors (Lipinski definition) is 2. The van der Waals surface area contributed by atoms with Gasteiger partial charge in [0.15, 0.2) is 17.0 Å². The molecule has 6 heteroatoms. The number of fused-ring (bicyclic) bond motifs is 1. The highest BCUT2D eigenvalue weighted by atomic mass is 15.2. The van der Waals surface area contributed by atoms with Gasteiger partial charge < -0.3 is 15.6 Å². The van der Waals surface area contributed by atoms with Gasteiger partial charge in [0.2, 0.25) is 5.95 Å². The molecule has 0 aliphatic rings. The minimum absolute atomic E-state index is 0.259. The second-order valence-corrected chi connectivity index (χ2v) is 5.25. The molecular formula is C16H22N6. The number of nitrogens with one attached hydrogen (secondary N) is 1. The van der Waals surface area contributed by atoms with E-state index in [0.29, 0.717) is 11.9 Å². The van der Waals surface area contributed by atoms with Crippen molar-refractivity contribution >= 4 is 22.9 Å². The van der Waals surface area contributed by atoms with Crippen molar-refractivity contribution in [3.63, 3.8) is 0 Å². The molecule has 0 radical (unpaired) electrons. The van der Waals surface area contributed by atoms with E-state index in [1.165, 1.54) is 5.56 Å². The summed E-state index contributed by atoms with van der Waals surface area (Å²) < 4.78 is 1.97. The zero-order valence-corrected chi connectivity index (χ0v) is 13.4. The van der Waals surface area contributed by atoms with Gasteiger partial charge in [-0.25, -0.2) is 4.98 Å². The molecule has 22 heavy (non-hydrogen) atoms. The summed E-state index contributed by atoms with van der Waals surface area (Å²) in [5.74, 6) is 0.922. The lowest BCUT2D eigenvalue weighted by Gasteiger charge is -2.07. The number of nitrogens with two attached hydrogens (primary N) is 1. The molecule has 0 saturated carbocycles. The van der Waals surface area contributed by atoms with Gasteiger partial charge in [0.25, 0.3) is 0 Å². The number of imidazole rings is 1. The number of hydrogen-bond acceptors (Lipinski definition) is 5. The molecule has 1 aromatic carbocycles. The molecule has 0 aliphatic heterocycles. The van der Waals surface area contributed by atoms with E-state index in [4.69, 9.17) is 5.73 Å². The Morgan fingerprint density at radius 2 is 1.82 bits per heavy atom. The summed E-state index contributed by atoms with van der Waals surface area (Å²) >= 11 is 0. The molecule has 0 amide bonds. The maximum absolute atomic E-state index is 5.63. The topological polar surface area (TPSA) is 81.7 Å². The fourth-order valence-electron chi connectivity index (χ4n) is 2.02. The van der Waals surface area contributed by atoms with Crippen LogP contribution in [0.2, 0.25) is 0 Å². The van der Waals surface area contributed by atoms with Gasteiger partial charge >= 0.3 is 0 Å². The SMILES string of the molecule is CNc1nc(N)nc2c1ncn2C(C)C.Cc1ccccc1. The van der Waals surface area contributed by atoms with Crippen LogP contribution in [0.1, 0.15) is 25.5 Å². The molecule has 0 spiro atoms. The summed E-state index contributed by atoms with van der Waals surface area (Å²) in [4.78, 5) is 12.5. The van der Waals surface area contributed by atoms with Gasteiger partial charge in [0.1, 0.15) is 0 Å². The Balaban J connectivity index is 0.000000211. The average Bonchev–Trinajstić information content (AvgIpc) is 2.91. The number of nitrogen functional groups attached to an aromatic ring is 1. The minimum Gasteiger partial charge on any atom is -0.371 e. The molecule has 0 fully saturated rings. The summed E-state index contributed by atoms with van der Waals surface area (Å²) in [6.07, 6.45) is 1.75. The number of anilines is 2. The first-order chi connectivity index (χ1) is 10.5. The third-order valence-corrected chi connectivity index (χ3v) is 3.17. The van der Waals surface area contributed by atoms with Crippen molar-refractivity contribution in [3.05, 3.63) is 42.2 Å². The second-order valence-electron chi connectivity index (χ2n) is 5.25. The van der Waals surface area contributed by atoms with E-state index in [1.54, 1.807) is 13.4 Å². The molecule has 116 valence electrons. The van der Waals surface area contributed by atoms with Gasteiger partial charge in [-0.1, -0.05) is 35.9 Å².